The second-order valence-corrected chi connectivity index (χ2v) is 14.4. The first-order chi connectivity index (χ1) is 18.4. The molecule has 0 radical (unpaired) electrons. The Bertz CT molecular complexity index is 1300. The molecule has 0 aliphatic heterocycles. The van der Waals surface area contributed by atoms with Crippen molar-refractivity contribution in [1.29, 1.82) is 0 Å². The number of rotatable bonds is 9. The number of nitrogens with zero attached hydrogens (tertiary/aromatic N) is 2. The number of amides is 2. The van der Waals surface area contributed by atoms with Gasteiger partial charge in [-0.3, -0.25) is 0 Å². The van der Waals surface area contributed by atoms with Crippen LogP contribution in [0.4, 0.5) is 20.2 Å². The summed E-state index contributed by atoms with van der Waals surface area (Å²) in [6.07, 6.45) is 0. The maximum absolute atomic E-state index is 13.5. The van der Waals surface area contributed by atoms with E-state index >= 15 is 0 Å². The van der Waals surface area contributed by atoms with Crippen LogP contribution >= 0.6 is 0 Å². The van der Waals surface area contributed by atoms with Crippen LogP contribution in [0.2, 0.25) is 0 Å². The third-order valence-electron chi connectivity index (χ3n) is 5.86. The molecule has 8 heteroatoms. The van der Waals surface area contributed by atoms with Gasteiger partial charge in [-0.2, -0.15) is 0 Å². The van der Waals surface area contributed by atoms with Crippen LogP contribution in [0.1, 0.15) is 34.6 Å². The second-order valence-electron chi connectivity index (χ2n) is 8.21. The van der Waals surface area contributed by atoms with Gasteiger partial charge < -0.3 is 0 Å². The van der Waals surface area contributed by atoms with Gasteiger partial charge in [-0.05, 0) is 0 Å². The summed E-state index contributed by atoms with van der Waals surface area (Å²) in [6.45, 7) is 4.68. The van der Waals surface area contributed by atoms with Gasteiger partial charge in [0.05, 0.1) is 0 Å². The molecule has 0 unspecified atom stereocenters. The van der Waals surface area contributed by atoms with E-state index in [2.05, 4.69) is 0 Å². The molecule has 0 saturated carbocycles. The van der Waals surface area contributed by atoms with Crippen LogP contribution in [0.15, 0.2) is 97.1 Å². The van der Waals surface area contributed by atoms with Crippen LogP contribution < -0.4 is 18.7 Å². The maximum atomic E-state index is 13.5. The molecule has 0 aliphatic rings. The number of carbonyl (C=O) groups is 2. The summed E-state index contributed by atoms with van der Waals surface area (Å²) in [5, 5.41) is 0. The molecule has 38 heavy (non-hydrogen) atoms. The first-order valence-electron chi connectivity index (χ1n) is 12.1. The molecule has 0 heterocycles. The molecule has 0 spiro atoms. The van der Waals surface area contributed by atoms with E-state index in [0.29, 0.717) is 35.6 Å². The molecular formula is C30H26F2N2O2Se2. The van der Waals surface area contributed by atoms with Crippen molar-refractivity contribution in [2.75, 3.05) is 22.9 Å². The Labute approximate surface area is 232 Å². The van der Waals surface area contributed by atoms with Crippen molar-refractivity contribution >= 4 is 58.4 Å². The molecule has 0 saturated heterocycles. The van der Waals surface area contributed by atoms with E-state index in [4.69, 9.17) is 0 Å². The van der Waals surface area contributed by atoms with Gasteiger partial charge in [0, 0.05) is 0 Å². The number of hydrogen-bond donors (Lipinski definition) is 0. The van der Waals surface area contributed by atoms with Gasteiger partial charge in [0.25, 0.3) is 0 Å². The zero-order chi connectivity index (χ0) is 27.1. The van der Waals surface area contributed by atoms with E-state index in [0.717, 1.165) is 8.92 Å². The molecular weight excluding hydrogens is 616 g/mol. The Morgan fingerprint density at radius 1 is 0.579 bits per heavy atom. The first-order valence-corrected chi connectivity index (χ1v) is 18.1. The number of anilines is 2. The van der Waals surface area contributed by atoms with Crippen LogP contribution in [0.5, 0.6) is 0 Å². The van der Waals surface area contributed by atoms with Crippen molar-refractivity contribution in [1.82, 2.24) is 0 Å². The third-order valence-corrected chi connectivity index (χ3v) is 13.1. The normalized spacial score (nSPS) is 10.7. The van der Waals surface area contributed by atoms with E-state index in [1.807, 2.05) is 62.4 Å². The topological polar surface area (TPSA) is 40.6 Å². The molecule has 4 aromatic carbocycles. The molecule has 4 aromatic rings. The Balaban J connectivity index is 1.57. The van der Waals surface area contributed by atoms with Gasteiger partial charge in [0.2, 0.25) is 0 Å². The summed E-state index contributed by atoms with van der Waals surface area (Å²) >= 11 is -0.157. The van der Waals surface area contributed by atoms with E-state index < -0.39 is 0 Å². The van der Waals surface area contributed by atoms with Crippen molar-refractivity contribution in [3.05, 3.63) is 120 Å². The number of benzene rings is 4. The zero-order valence-corrected chi connectivity index (χ0v) is 24.4. The number of hydrogen-bond acceptors (Lipinski definition) is 2. The molecule has 4 rings (SSSR count). The Morgan fingerprint density at radius 3 is 1.26 bits per heavy atom. The van der Waals surface area contributed by atoms with E-state index in [1.54, 1.807) is 34.1 Å². The molecule has 0 aliphatic carbocycles. The average Bonchev–Trinajstić information content (AvgIpc) is 2.95. The molecule has 0 aromatic heterocycles. The molecule has 194 valence electrons. The predicted octanol–water partition coefficient (Wildman–Crippen LogP) is 4.57. The molecule has 2 amide bonds. The van der Waals surface area contributed by atoms with E-state index in [1.165, 1.54) is 24.3 Å². The van der Waals surface area contributed by atoms with Crippen LogP contribution in [0.3, 0.4) is 0 Å². The average molecular weight is 642 g/mol. The summed E-state index contributed by atoms with van der Waals surface area (Å²) in [6, 6.07) is 26.9. The summed E-state index contributed by atoms with van der Waals surface area (Å²) in [7, 11) is 0. The Hall–Kier alpha value is -3.28. The quantitative estimate of drug-likeness (QED) is 0.251. The monoisotopic (exact) mass is 644 g/mol. The van der Waals surface area contributed by atoms with Gasteiger partial charge in [-0.25, -0.2) is 0 Å². The number of carbonyl (C=O) groups excluding carboxylic acids is 2. The van der Waals surface area contributed by atoms with E-state index in [9.17, 15) is 18.4 Å². The van der Waals surface area contributed by atoms with E-state index in [-0.39, 0.29) is 49.7 Å². The summed E-state index contributed by atoms with van der Waals surface area (Å²) in [4.78, 5) is 30.4. The van der Waals surface area contributed by atoms with Gasteiger partial charge in [-0.15, -0.1) is 0 Å². The minimum absolute atomic E-state index is 0.0786. The van der Waals surface area contributed by atoms with Gasteiger partial charge >= 0.3 is 233 Å². The van der Waals surface area contributed by atoms with Crippen molar-refractivity contribution in [3.63, 3.8) is 0 Å². The fraction of sp³-hybridized carbons (Fsp3) is 0.133. The Morgan fingerprint density at radius 2 is 0.921 bits per heavy atom. The predicted molar refractivity (Wildman–Crippen MR) is 151 cm³/mol. The minimum atomic E-state index is -0.349. The summed E-state index contributed by atoms with van der Waals surface area (Å²) in [5.41, 5.74) is 2.52. The fourth-order valence-electron chi connectivity index (χ4n) is 3.94. The van der Waals surface area contributed by atoms with Crippen LogP contribution in [-0.4, -0.2) is 51.2 Å². The fourth-order valence-corrected chi connectivity index (χ4v) is 11.0. The van der Waals surface area contributed by atoms with Gasteiger partial charge in [0.1, 0.15) is 0 Å². The molecule has 4 nitrogen and oxygen atoms in total. The first kappa shape index (κ1) is 27.7. The van der Waals surface area contributed by atoms with Crippen LogP contribution in [0, 0.1) is 11.6 Å². The molecule has 0 bridgehead atoms. The third kappa shape index (κ3) is 6.40. The van der Waals surface area contributed by atoms with Crippen molar-refractivity contribution in [2.24, 2.45) is 0 Å². The SMILES string of the molecule is CCN(C(=O)c1ccccc1[Se][Se]c1ccccc1C(=O)N(CC)c1ccc(F)cc1)c1ccc(F)cc1. The molecule has 0 atom stereocenters. The van der Waals surface area contributed by atoms with Gasteiger partial charge in [0.15, 0.2) is 0 Å². The number of halogens is 2. The summed E-state index contributed by atoms with van der Waals surface area (Å²) in [5.74, 6) is -0.966. The molecule has 0 N–H and O–H groups in total. The zero-order valence-electron chi connectivity index (χ0n) is 20.9. The van der Waals surface area contributed by atoms with Crippen molar-refractivity contribution < 1.29 is 18.4 Å². The van der Waals surface area contributed by atoms with Gasteiger partial charge in [-0.1, -0.05) is 0 Å². The van der Waals surface area contributed by atoms with Crippen molar-refractivity contribution in [2.45, 2.75) is 13.8 Å². The standard InChI is InChI=1S/C30H26F2N2O2Se2/c1-3-33(23-17-13-21(31)14-18-23)29(35)25-9-5-7-11-27(25)37-38-28-12-8-6-10-26(28)30(36)34(4-2)24-19-15-22(32)16-20-24/h5-20H,3-4H2,1-2H3. The van der Waals surface area contributed by atoms with Crippen LogP contribution in [-0.2, 0) is 0 Å². The van der Waals surface area contributed by atoms with Crippen molar-refractivity contribution in [3.8, 4) is 0 Å². The molecule has 0 fully saturated rings. The Kier molecular flexibility index (Phi) is 9.48. The second kappa shape index (κ2) is 13.0. The summed E-state index contributed by atoms with van der Waals surface area (Å²) < 4.78 is 28.8. The van der Waals surface area contributed by atoms with Crippen LogP contribution in [0.25, 0.3) is 0 Å².